The molecular formula is C17H14ClN3O3. The Balaban J connectivity index is 2.47. The number of nitrogens with zero attached hydrogens (tertiary/aromatic N) is 3. The summed E-state index contributed by atoms with van der Waals surface area (Å²) in [5, 5.41) is 14.3. The van der Waals surface area contributed by atoms with Gasteiger partial charge in [-0.1, -0.05) is 17.7 Å². The van der Waals surface area contributed by atoms with Crippen molar-refractivity contribution in [1.82, 2.24) is 9.78 Å². The van der Waals surface area contributed by atoms with Crippen LogP contribution in [0.2, 0.25) is 5.02 Å². The van der Waals surface area contributed by atoms with Crippen molar-refractivity contribution in [3.63, 3.8) is 0 Å². The summed E-state index contributed by atoms with van der Waals surface area (Å²) in [6.07, 6.45) is 0. The van der Waals surface area contributed by atoms with Gasteiger partial charge in [0.2, 0.25) is 11.1 Å². The summed E-state index contributed by atoms with van der Waals surface area (Å²) in [7, 11) is 3.59. The van der Waals surface area contributed by atoms with Crippen molar-refractivity contribution in [3.8, 4) is 5.69 Å². The lowest BCUT2D eigenvalue weighted by molar-refractivity contribution is 0.0687. The first-order chi connectivity index (χ1) is 11.4. The van der Waals surface area contributed by atoms with Crippen molar-refractivity contribution in [2.75, 3.05) is 19.0 Å². The minimum Gasteiger partial charge on any atom is -0.476 e. The second-order valence-corrected chi connectivity index (χ2v) is 5.87. The number of benzene rings is 2. The number of halogens is 1. The fourth-order valence-corrected chi connectivity index (χ4v) is 2.67. The highest BCUT2D eigenvalue weighted by Crippen LogP contribution is 2.25. The first-order valence-corrected chi connectivity index (χ1v) is 7.50. The summed E-state index contributed by atoms with van der Waals surface area (Å²) in [6, 6.07) is 12.1. The molecule has 0 fully saturated rings. The molecule has 1 N–H and O–H groups in total. The lowest BCUT2D eigenvalue weighted by Gasteiger charge is -2.17. The van der Waals surface area contributed by atoms with Crippen LogP contribution in [0.3, 0.4) is 0 Å². The first kappa shape index (κ1) is 16.0. The summed E-state index contributed by atoms with van der Waals surface area (Å²) in [5.74, 6) is -1.36. The quantitative estimate of drug-likeness (QED) is 0.791. The van der Waals surface area contributed by atoms with E-state index in [1.807, 2.05) is 0 Å². The van der Waals surface area contributed by atoms with Crippen LogP contribution in [0.1, 0.15) is 10.5 Å². The molecule has 0 saturated heterocycles. The Bertz CT molecular complexity index is 994. The van der Waals surface area contributed by atoms with Crippen LogP contribution >= 0.6 is 11.6 Å². The number of aromatic carboxylic acids is 1. The second-order valence-electron chi connectivity index (χ2n) is 5.44. The minimum atomic E-state index is -1.36. The van der Waals surface area contributed by atoms with Gasteiger partial charge in [0, 0.05) is 24.8 Å². The largest absolute Gasteiger partial charge is 0.476 e. The minimum absolute atomic E-state index is 0.310. The van der Waals surface area contributed by atoms with Gasteiger partial charge in [-0.2, -0.15) is 5.10 Å². The summed E-state index contributed by atoms with van der Waals surface area (Å²) in [5.41, 5.74) is 0.644. The van der Waals surface area contributed by atoms with E-state index in [1.165, 1.54) is 4.68 Å². The molecule has 0 saturated carbocycles. The summed E-state index contributed by atoms with van der Waals surface area (Å²) in [4.78, 5) is 25.9. The van der Waals surface area contributed by atoms with Crippen LogP contribution < -0.4 is 10.3 Å². The third-order valence-electron chi connectivity index (χ3n) is 3.65. The van der Waals surface area contributed by atoms with E-state index >= 15 is 0 Å². The SMILES string of the molecule is CN(C)c1cccc2c1c(=O)c(C(=O)O)nn2-c1ccc(Cl)cc1. The Hall–Kier alpha value is -2.86. The monoisotopic (exact) mass is 343 g/mol. The third kappa shape index (κ3) is 2.61. The number of fused-ring (bicyclic) bond motifs is 1. The van der Waals surface area contributed by atoms with Gasteiger partial charge in [-0.05, 0) is 36.4 Å². The van der Waals surface area contributed by atoms with Crippen molar-refractivity contribution in [3.05, 3.63) is 63.4 Å². The smallest absolute Gasteiger partial charge is 0.360 e. The molecule has 0 radical (unpaired) electrons. The highest BCUT2D eigenvalue weighted by Gasteiger charge is 2.20. The predicted octanol–water partition coefficient (Wildman–Crippen LogP) is 2.80. The number of carbonyl (C=O) groups is 1. The van der Waals surface area contributed by atoms with E-state index in [0.29, 0.717) is 27.3 Å². The fourth-order valence-electron chi connectivity index (χ4n) is 2.55. The molecule has 3 rings (SSSR count). The van der Waals surface area contributed by atoms with Crippen LogP contribution in [-0.2, 0) is 0 Å². The molecule has 2 aromatic carbocycles. The molecule has 0 aliphatic heterocycles. The number of rotatable bonds is 3. The summed E-state index contributed by atoms with van der Waals surface area (Å²) >= 11 is 5.91. The lowest BCUT2D eigenvalue weighted by atomic mass is 10.1. The van der Waals surface area contributed by atoms with E-state index in [1.54, 1.807) is 61.5 Å². The molecule has 0 spiro atoms. The Kier molecular flexibility index (Phi) is 3.99. The van der Waals surface area contributed by atoms with Gasteiger partial charge < -0.3 is 10.0 Å². The van der Waals surface area contributed by atoms with Crippen molar-refractivity contribution in [2.45, 2.75) is 0 Å². The highest BCUT2D eigenvalue weighted by atomic mass is 35.5. The fraction of sp³-hybridized carbons (Fsp3) is 0.118. The molecule has 3 aromatic rings. The van der Waals surface area contributed by atoms with E-state index in [0.717, 1.165) is 0 Å². The number of aromatic nitrogens is 2. The molecule has 7 heteroatoms. The topological polar surface area (TPSA) is 75.4 Å². The van der Waals surface area contributed by atoms with E-state index in [9.17, 15) is 14.7 Å². The molecule has 0 amide bonds. The maximum absolute atomic E-state index is 12.6. The molecule has 0 atom stereocenters. The zero-order chi connectivity index (χ0) is 17.4. The van der Waals surface area contributed by atoms with Crippen LogP contribution in [0.15, 0.2) is 47.3 Å². The number of carboxylic acid groups (broad SMARTS) is 1. The zero-order valence-electron chi connectivity index (χ0n) is 13.0. The molecule has 0 unspecified atom stereocenters. The second kappa shape index (κ2) is 5.98. The van der Waals surface area contributed by atoms with Gasteiger partial charge in [0.25, 0.3) is 0 Å². The molecule has 0 aliphatic carbocycles. The van der Waals surface area contributed by atoms with Gasteiger partial charge in [0.1, 0.15) is 0 Å². The molecular weight excluding hydrogens is 330 g/mol. The van der Waals surface area contributed by atoms with Gasteiger partial charge in [0.15, 0.2) is 0 Å². The molecule has 6 nitrogen and oxygen atoms in total. The maximum atomic E-state index is 12.6. The Morgan fingerprint density at radius 1 is 1.17 bits per heavy atom. The van der Waals surface area contributed by atoms with Gasteiger partial charge in [-0.15, -0.1) is 0 Å². The zero-order valence-corrected chi connectivity index (χ0v) is 13.8. The summed E-state index contributed by atoms with van der Waals surface area (Å²) < 4.78 is 1.45. The van der Waals surface area contributed by atoms with Gasteiger partial charge in [-0.25, -0.2) is 9.48 Å². The van der Waals surface area contributed by atoms with Crippen LogP contribution in [0.4, 0.5) is 5.69 Å². The average Bonchev–Trinajstić information content (AvgIpc) is 2.55. The Morgan fingerprint density at radius 3 is 2.42 bits per heavy atom. The van der Waals surface area contributed by atoms with Gasteiger partial charge >= 0.3 is 5.97 Å². The molecule has 0 aliphatic rings. The number of anilines is 1. The Labute approximate surface area is 142 Å². The van der Waals surface area contributed by atoms with Crippen LogP contribution in [0.5, 0.6) is 0 Å². The molecule has 1 heterocycles. The van der Waals surface area contributed by atoms with Crippen LogP contribution in [0.25, 0.3) is 16.6 Å². The number of hydrogen-bond donors (Lipinski definition) is 1. The summed E-state index contributed by atoms with van der Waals surface area (Å²) in [6.45, 7) is 0. The van der Waals surface area contributed by atoms with E-state index in [2.05, 4.69) is 5.10 Å². The third-order valence-corrected chi connectivity index (χ3v) is 3.90. The van der Waals surface area contributed by atoms with E-state index in [-0.39, 0.29) is 0 Å². The van der Waals surface area contributed by atoms with E-state index in [4.69, 9.17) is 11.6 Å². The number of hydrogen-bond acceptors (Lipinski definition) is 4. The molecule has 1 aromatic heterocycles. The Morgan fingerprint density at radius 2 is 1.83 bits per heavy atom. The van der Waals surface area contributed by atoms with Gasteiger partial charge in [-0.3, -0.25) is 4.79 Å². The maximum Gasteiger partial charge on any atom is 0.360 e. The highest BCUT2D eigenvalue weighted by molar-refractivity contribution is 6.30. The van der Waals surface area contributed by atoms with Gasteiger partial charge in [0.05, 0.1) is 16.6 Å². The van der Waals surface area contributed by atoms with Crippen molar-refractivity contribution in [2.24, 2.45) is 0 Å². The number of carboxylic acids is 1. The van der Waals surface area contributed by atoms with E-state index < -0.39 is 17.1 Å². The lowest BCUT2D eigenvalue weighted by Crippen LogP contribution is -2.24. The van der Waals surface area contributed by atoms with Crippen molar-refractivity contribution in [1.29, 1.82) is 0 Å². The standard InChI is InChI=1S/C17H14ClN3O3/c1-20(2)12-4-3-5-13-14(12)16(22)15(17(23)24)19-21(13)11-8-6-10(18)7-9-11/h3-9H,1-2H3,(H,23,24). The van der Waals surface area contributed by atoms with Crippen LogP contribution in [0, 0.1) is 0 Å². The van der Waals surface area contributed by atoms with Crippen LogP contribution in [-0.4, -0.2) is 35.0 Å². The normalized spacial score (nSPS) is 10.8. The first-order valence-electron chi connectivity index (χ1n) is 7.13. The average molecular weight is 344 g/mol. The van der Waals surface area contributed by atoms with Crippen molar-refractivity contribution < 1.29 is 9.90 Å². The predicted molar refractivity (Wildman–Crippen MR) is 93.6 cm³/mol. The molecule has 122 valence electrons. The molecule has 0 bridgehead atoms. The molecule has 24 heavy (non-hydrogen) atoms. The van der Waals surface area contributed by atoms with Crippen molar-refractivity contribution >= 4 is 34.2 Å².